The van der Waals surface area contributed by atoms with Crippen molar-refractivity contribution in [2.45, 2.75) is 4.34 Å². The minimum absolute atomic E-state index is 0.202. The van der Waals surface area contributed by atoms with Crippen molar-refractivity contribution in [2.24, 2.45) is 5.10 Å². The minimum Gasteiger partial charge on any atom is -0.497 e. The summed E-state index contributed by atoms with van der Waals surface area (Å²) in [5.74, 6) is 0.794. The van der Waals surface area contributed by atoms with Crippen LogP contribution in [0, 0.1) is 0 Å². The minimum atomic E-state index is -0.202. The molecule has 9 heteroatoms. The highest BCUT2D eigenvalue weighted by Gasteiger charge is 2.12. The van der Waals surface area contributed by atoms with Crippen LogP contribution in [0.2, 0.25) is 0 Å². The molecule has 2 aromatic heterocycles. The molecule has 1 amide bonds. The summed E-state index contributed by atoms with van der Waals surface area (Å²) in [6, 6.07) is 25.4. The van der Waals surface area contributed by atoms with Crippen LogP contribution in [0.15, 0.2) is 94.5 Å². The number of ether oxygens (including phenoxy) is 1. The number of thiazole rings is 1. The molecule has 0 spiro atoms. The van der Waals surface area contributed by atoms with Crippen LogP contribution in [0.5, 0.6) is 5.75 Å². The number of hydrogen-bond acceptors (Lipinski definition) is 7. The van der Waals surface area contributed by atoms with Gasteiger partial charge in [0.25, 0.3) is 5.91 Å². The summed E-state index contributed by atoms with van der Waals surface area (Å²) >= 11 is 2.97. The summed E-state index contributed by atoms with van der Waals surface area (Å²) in [5, 5.41) is 8.95. The molecule has 0 atom stereocenters. The lowest BCUT2D eigenvalue weighted by Gasteiger charge is -2.02. The summed E-state index contributed by atoms with van der Waals surface area (Å²) in [7, 11) is 1.63. The monoisotopic (exact) mass is 499 g/mol. The number of hydrazone groups is 1. The Balaban J connectivity index is 1.30. The van der Waals surface area contributed by atoms with Crippen LogP contribution in [-0.4, -0.2) is 39.7 Å². The number of para-hydroxylation sites is 2. The van der Waals surface area contributed by atoms with Crippen molar-refractivity contribution in [3.05, 3.63) is 90.6 Å². The number of nitrogens with zero attached hydrogens (tertiary/aromatic N) is 4. The Bertz CT molecular complexity index is 1440. The van der Waals surface area contributed by atoms with Crippen molar-refractivity contribution in [3.63, 3.8) is 0 Å². The summed E-state index contributed by atoms with van der Waals surface area (Å²) in [5.41, 5.74) is 6.92. The second kappa shape index (κ2) is 10.5. The lowest BCUT2D eigenvalue weighted by atomic mass is 10.1. The van der Waals surface area contributed by atoms with Crippen molar-refractivity contribution < 1.29 is 9.53 Å². The van der Waals surface area contributed by atoms with Gasteiger partial charge in [0, 0.05) is 17.3 Å². The first kappa shape index (κ1) is 22.8. The number of methoxy groups -OCH3 is 1. The zero-order valence-corrected chi connectivity index (χ0v) is 20.4. The van der Waals surface area contributed by atoms with E-state index >= 15 is 0 Å². The Hall–Kier alpha value is -3.95. The number of aromatic nitrogens is 3. The van der Waals surface area contributed by atoms with Crippen molar-refractivity contribution in [2.75, 3.05) is 12.9 Å². The van der Waals surface area contributed by atoms with Crippen molar-refractivity contribution >= 4 is 45.4 Å². The highest BCUT2D eigenvalue weighted by atomic mass is 32.2. The Labute approximate surface area is 210 Å². The number of carbonyl (C=O) groups is 1. The molecule has 5 rings (SSSR count). The first-order chi connectivity index (χ1) is 17.2. The summed E-state index contributed by atoms with van der Waals surface area (Å²) < 4.78 is 9.03. The molecule has 0 unspecified atom stereocenters. The Morgan fingerprint density at radius 1 is 1.09 bits per heavy atom. The third-order valence-electron chi connectivity index (χ3n) is 5.12. The van der Waals surface area contributed by atoms with E-state index in [2.05, 4.69) is 15.5 Å². The SMILES string of the molecule is COc1ccc(-c2nn(-c3ccccc3)cc2/C=N/NC(=O)CSc2nc3ccccc3s2)cc1. The van der Waals surface area contributed by atoms with Gasteiger partial charge >= 0.3 is 0 Å². The van der Waals surface area contributed by atoms with Crippen LogP contribution in [0.4, 0.5) is 0 Å². The van der Waals surface area contributed by atoms with Crippen LogP contribution in [0.3, 0.4) is 0 Å². The quantitative estimate of drug-likeness (QED) is 0.176. The maximum atomic E-state index is 12.4. The molecule has 5 aromatic rings. The van der Waals surface area contributed by atoms with Gasteiger partial charge in [-0.3, -0.25) is 4.79 Å². The van der Waals surface area contributed by atoms with E-state index in [0.717, 1.165) is 42.8 Å². The molecule has 0 radical (unpaired) electrons. The predicted octanol–water partition coefficient (Wildman–Crippen LogP) is 5.40. The molecule has 1 N–H and O–H groups in total. The highest BCUT2D eigenvalue weighted by molar-refractivity contribution is 8.01. The maximum Gasteiger partial charge on any atom is 0.250 e. The van der Waals surface area contributed by atoms with E-state index in [1.807, 2.05) is 85.1 Å². The molecule has 35 heavy (non-hydrogen) atoms. The van der Waals surface area contributed by atoms with Gasteiger partial charge in [-0.1, -0.05) is 42.1 Å². The molecule has 3 aromatic carbocycles. The van der Waals surface area contributed by atoms with Crippen molar-refractivity contribution in [1.82, 2.24) is 20.2 Å². The van der Waals surface area contributed by atoms with Crippen molar-refractivity contribution in [3.8, 4) is 22.7 Å². The highest BCUT2D eigenvalue weighted by Crippen LogP contribution is 2.29. The van der Waals surface area contributed by atoms with Gasteiger partial charge in [0.15, 0.2) is 4.34 Å². The Morgan fingerprint density at radius 2 is 1.86 bits per heavy atom. The number of hydrogen-bond donors (Lipinski definition) is 1. The maximum absolute atomic E-state index is 12.4. The van der Waals surface area contributed by atoms with E-state index in [0.29, 0.717) is 0 Å². The molecule has 2 heterocycles. The molecule has 174 valence electrons. The molecule has 7 nitrogen and oxygen atoms in total. The molecule has 0 bridgehead atoms. The van der Waals surface area contributed by atoms with Gasteiger partial charge in [-0.05, 0) is 48.5 Å². The standard InChI is InChI=1S/C26H21N5O2S2/c1-33-21-13-11-18(12-14-21)25-19(16-31(30-25)20-7-3-2-4-8-20)15-27-29-24(32)17-34-26-28-22-9-5-6-10-23(22)35-26/h2-16H,17H2,1H3,(H,29,32)/b27-15+. The van der Waals surface area contributed by atoms with Gasteiger partial charge in [-0.25, -0.2) is 15.1 Å². The predicted molar refractivity (Wildman–Crippen MR) is 142 cm³/mol. The van der Waals surface area contributed by atoms with E-state index in [1.54, 1.807) is 29.3 Å². The first-order valence-electron chi connectivity index (χ1n) is 10.8. The van der Waals surface area contributed by atoms with E-state index in [9.17, 15) is 4.79 Å². The number of fused-ring (bicyclic) bond motifs is 1. The summed E-state index contributed by atoms with van der Waals surface area (Å²) in [6.07, 6.45) is 3.51. The van der Waals surface area contributed by atoms with Crippen LogP contribution < -0.4 is 10.2 Å². The molecule has 0 aliphatic rings. The fourth-order valence-electron chi connectivity index (χ4n) is 3.41. The second-order valence-corrected chi connectivity index (χ2v) is 9.72. The Kier molecular flexibility index (Phi) is 6.87. The lowest BCUT2D eigenvalue weighted by molar-refractivity contribution is -0.118. The number of rotatable bonds is 8. The van der Waals surface area contributed by atoms with Crippen LogP contribution in [0.25, 0.3) is 27.2 Å². The van der Waals surface area contributed by atoms with Gasteiger partial charge in [0.2, 0.25) is 0 Å². The third kappa shape index (κ3) is 5.42. The lowest BCUT2D eigenvalue weighted by Crippen LogP contribution is -2.19. The van der Waals surface area contributed by atoms with Gasteiger partial charge in [-0.2, -0.15) is 10.2 Å². The second-order valence-electron chi connectivity index (χ2n) is 7.47. The fourth-order valence-corrected chi connectivity index (χ4v) is 5.27. The molecule has 0 saturated heterocycles. The van der Waals surface area contributed by atoms with E-state index in [1.165, 1.54) is 11.8 Å². The molecular formula is C26H21N5O2S2. The molecular weight excluding hydrogens is 478 g/mol. The average molecular weight is 500 g/mol. The molecule has 0 aliphatic heterocycles. The molecule has 0 aliphatic carbocycles. The average Bonchev–Trinajstić information content (AvgIpc) is 3.52. The first-order valence-corrected chi connectivity index (χ1v) is 12.6. The number of amides is 1. The number of benzene rings is 3. The third-order valence-corrected chi connectivity index (χ3v) is 7.30. The summed E-state index contributed by atoms with van der Waals surface area (Å²) in [4.78, 5) is 16.9. The number of thioether (sulfide) groups is 1. The van der Waals surface area contributed by atoms with Gasteiger partial charge in [0.05, 0.1) is 35.0 Å². The zero-order valence-electron chi connectivity index (χ0n) is 18.8. The number of carbonyl (C=O) groups excluding carboxylic acids is 1. The van der Waals surface area contributed by atoms with E-state index in [4.69, 9.17) is 9.84 Å². The summed E-state index contributed by atoms with van der Waals surface area (Å²) in [6.45, 7) is 0. The van der Waals surface area contributed by atoms with E-state index in [-0.39, 0.29) is 11.7 Å². The van der Waals surface area contributed by atoms with Gasteiger partial charge in [0.1, 0.15) is 11.4 Å². The smallest absolute Gasteiger partial charge is 0.250 e. The van der Waals surface area contributed by atoms with Crippen LogP contribution >= 0.6 is 23.1 Å². The normalized spacial score (nSPS) is 11.2. The van der Waals surface area contributed by atoms with Crippen LogP contribution in [0.1, 0.15) is 5.56 Å². The molecule has 0 saturated carbocycles. The van der Waals surface area contributed by atoms with E-state index < -0.39 is 0 Å². The van der Waals surface area contributed by atoms with Crippen LogP contribution in [-0.2, 0) is 4.79 Å². The largest absolute Gasteiger partial charge is 0.497 e. The zero-order chi connectivity index (χ0) is 24.0. The molecule has 0 fully saturated rings. The van der Waals surface area contributed by atoms with Crippen molar-refractivity contribution in [1.29, 1.82) is 0 Å². The van der Waals surface area contributed by atoms with Gasteiger partial charge < -0.3 is 4.74 Å². The van der Waals surface area contributed by atoms with Gasteiger partial charge in [-0.15, -0.1) is 11.3 Å². The fraction of sp³-hybridized carbons (Fsp3) is 0.0769. The number of nitrogens with one attached hydrogen (secondary N) is 1. The Morgan fingerprint density at radius 3 is 2.63 bits per heavy atom. The topological polar surface area (TPSA) is 81.4 Å².